The number of alkyl halides is 2. The minimum atomic E-state index is 0.648. The Morgan fingerprint density at radius 1 is 1.43 bits per heavy atom. The Balaban J connectivity index is 2.71. The van der Waals surface area contributed by atoms with Gasteiger partial charge in [0.1, 0.15) is 0 Å². The lowest BCUT2D eigenvalue weighted by Crippen LogP contribution is -2.27. The maximum Gasteiger partial charge on any atom is 0.0447 e. The van der Waals surface area contributed by atoms with Crippen molar-refractivity contribution in [3.05, 3.63) is 29.8 Å². The van der Waals surface area contributed by atoms with Crippen LogP contribution in [0.4, 0.5) is 5.69 Å². The van der Waals surface area contributed by atoms with Crippen molar-refractivity contribution in [1.82, 2.24) is 0 Å². The van der Waals surface area contributed by atoms with Gasteiger partial charge >= 0.3 is 0 Å². The molecule has 0 amide bonds. The molecule has 0 fully saturated rings. The van der Waals surface area contributed by atoms with Crippen molar-refractivity contribution in [2.24, 2.45) is 0 Å². The van der Waals surface area contributed by atoms with Gasteiger partial charge in [-0.3, -0.25) is 0 Å². The molecule has 1 radical (unpaired) electrons. The summed E-state index contributed by atoms with van der Waals surface area (Å²) < 4.78 is 0. The maximum absolute atomic E-state index is 5.74. The van der Waals surface area contributed by atoms with Gasteiger partial charge in [-0.2, -0.15) is 0 Å². The molecule has 0 heterocycles. The Kier molecular flexibility index (Phi) is 5.34. The number of halogens is 2. The zero-order valence-electron chi connectivity index (χ0n) is 8.26. The summed E-state index contributed by atoms with van der Waals surface area (Å²) in [6.45, 7) is 3.90. The zero-order chi connectivity index (χ0) is 10.4. The number of anilines is 1. The van der Waals surface area contributed by atoms with E-state index in [9.17, 15) is 0 Å². The van der Waals surface area contributed by atoms with Crippen LogP contribution in [-0.2, 0) is 0 Å². The van der Waals surface area contributed by atoms with E-state index in [1.807, 2.05) is 6.07 Å². The normalized spacial score (nSPS) is 10.2. The van der Waals surface area contributed by atoms with Crippen LogP contribution in [0.2, 0.25) is 0 Å². The monoisotopic (exact) mass is 274 g/mol. The second kappa shape index (κ2) is 6.31. The van der Waals surface area contributed by atoms with Crippen LogP contribution >= 0.6 is 27.5 Å². The number of rotatable bonds is 5. The molecule has 0 aliphatic carbocycles. The molecular formula is C11H14BrClN. The van der Waals surface area contributed by atoms with Gasteiger partial charge in [-0.1, -0.05) is 27.6 Å². The molecule has 0 atom stereocenters. The average Bonchev–Trinajstić information content (AvgIpc) is 2.19. The molecule has 1 nitrogen and oxygen atoms in total. The fourth-order valence-electron chi connectivity index (χ4n) is 1.25. The molecular weight excluding hydrogens is 261 g/mol. The zero-order valence-corrected chi connectivity index (χ0v) is 10.6. The molecule has 0 saturated carbocycles. The maximum atomic E-state index is 5.74. The highest BCUT2D eigenvalue weighted by Crippen LogP contribution is 2.14. The third kappa shape index (κ3) is 3.50. The van der Waals surface area contributed by atoms with E-state index in [0.29, 0.717) is 5.88 Å². The van der Waals surface area contributed by atoms with Gasteiger partial charge < -0.3 is 4.90 Å². The second-order valence-corrected chi connectivity index (χ2v) is 4.29. The summed E-state index contributed by atoms with van der Waals surface area (Å²) in [6, 6.07) is 9.44. The van der Waals surface area contributed by atoms with Crippen LogP contribution in [0.5, 0.6) is 0 Å². The predicted molar refractivity (Wildman–Crippen MR) is 66.7 cm³/mol. The van der Waals surface area contributed by atoms with E-state index in [0.717, 1.165) is 24.1 Å². The van der Waals surface area contributed by atoms with Crippen molar-refractivity contribution >= 4 is 33.2 Å². The molecule has 1 rings (SSSR count). The minimum Gasteiger partial charge on any atom is -0.369 e. The third-order valence-corrected chi connectivity index (χ3v) is 2.53. The molecule has 0 unspecified atom stereocenters. The predicted octanol–water partition coefficient (Wildman–Crippen LogP) is 3.24. The first-order valence-electron chi connectivity index (χ1n) is 4.63. The molecule has 0 N–H and O–H groups in total. The van der Waals surface area contributed by atoms with Gasteiger partial charge in [0.2, 0.25) is 0 Å². The first-order chi connectivity index (χ1) is 6.77. The molecule has 0 spiro atoms. The van der Waals surface area contributed by atoms with Gasteiger partial charge in [-0.15, -0.1) is 11.6 Å². The minimum absolute atomic E-state index is 0.648. The fourth-order valence-corrected chi connectivity index (χ4v) is 1.88. The highest BCUT2D eigenvalue weighted by atomic mass is 79.9. The van der Waals surface area contributed by atoms with Crippen molar-refractivity contribution in [1.29, 1.82) is 0 Å². The summed E-state index contributed by atoms with van der Waals surface area (Å²) in [5.74, 6) is 0.648. The molecule has 1 aromatic rings. The summed E-state index contributed by atoms with van der Waals surface area (Å²) in [4.78, 5) is 2.22. The molecule has 0 aliphatic heterocycles. The lowest BCUT2D eigenvalue weighted by Gasteiger charge is -2.22. The Morgan fingerprint density at radius 3 is 2.71 bits per heavy atom. The Morgan fingerprint density at radius 2 is 2.21 bits per heavy atom. The number of aryl methyl sites for hydroxylation is 1. The number of benzene rings is 1. The Hall–Kier alpha value is -0.210. The third-order valence-electron chi connectivity index (χ3n) is 2.00. The van der Waals surface area contributed by atoms with Gasteiger partial charge in [-0.25, -0.2) is 0 Å². The fraction of sp³-hybridized carbons (Fsp3) is 0.455. The molecule has 1 aromatic carbocycles. The average molecular weight is 276 g/mol. The SMILES string of the molecule is Cc1c[c]c(N(CCCl)CCBr)cc1. The van der Waals surface area contributed by atoms with Crippen molar-refractivity contribution < 1.29 is 0 Å². The number of nitrogens with zero attached hydrogens (tertiary/aromatic N) is 1. The molecule has 3 heteroatoms. The summed E-state index contributed by atoms with van der Waals surface area (Å²) in [7, 11) is 0. The summed E-state index contributed by atoms with van der Waals surface area (Å²) in [5.41, 5.74) is 2.36. The van der Waals surface area contributed by atoms with Crippen molar-refractivity contribution in [2.75, 3.05) is 29.2 Å². The van der Waals surface area contributed by atoms with E-state index >= 15 is 0 Å². The van der Waals surface area contributed by atoms with Gasteiger partial charge in [0.15, 0.2) is 0 Å². The number of hydrogen-bond acceptors (Lipinski definition) is 1. The molecule has 0 bridgehead atoms. The topological polar surface area (TPSA) is 3.24 Å². The lowest BCUT2D eigenvalue weighted by molar-refractivity contribution is 0.878. The molecule has 77 valence electrons. The van der Waals surface area contributed by atoms with Gasteiger partial charge in [-0.05, 0) is 19.1 Å². The highest BCUT2D eigenvalue weighted by Gasteiger charge is 2.04. The molecule has 14 heavy (non-hydrogen) atoms. The van der Waals surface area contributed by atoms with Crippen LogP contribution < -0.4 is 4.90 Å². The van der Waals surface area contributed by atoms with E-state index in [4.69, 9.17) is 11.6 Å². The van der Waals surface area contributed by atoms with Gasteiger partial charge in [0.05, 0.1) is 0 Å². The van der Waals surface area contributed by atoms with E-state index in [-0.39, 0.29) is 0 Å². The van der Waals surface area contributed by atoms with Crippen molar-refractivity contribution in [2.45, 2.75) is 6.92 Å². The van der Waals surface area contributed by atoms with Crippen LogP contribution in [0.25, 0.3) is 0 Å². The first kappa shape index (κ1) is 11.9. The highest BCUT2D eigenvalue weighted by molar-refractivity contribution is 9.09. The standard InChI is InChI=1S/C11H14BrClN/c1-10-2-4-11(5-3-10)14(8-6-12)9-7-13/h2-4H,6-9H2,1H3. The van der Waals surface area contributed by atoms with Crippen molar-refractivity contribution in [3.8, 4) is 0 Å². The number of hydrogen-bond donors (Lipinski definition) is 0. The second-order valence-electron chi connectivity index (χ2n) is 3.12. The first-order valence-corrected chi connectivity index (χ1v) is 6.28. The van der Waals surface area contributed by atoms with Crippen LogP contribution in [0.15, 0.2) is 18.2 Å². The van der Waals surface area contributed by atoms with Crippen LogP contribution in [0, 0.1) is 13.0 Å². The van der Waals surface area contributed by atoms with Crippen LogP contribution in [-0.4, -0.2) is 24.3 Å². The Bertz CT molecular complexity index is 254. The van der Waals surface area contributed by atoms with E-state index in [1.54, 1.807) is 0 Å². The van der Waals surface area contributed by atoms with Crippen LogP contribution in [0.3, 0.4) is 0 Å². The lowest BCUT2D eigenvalue weighted by atomic mass is 10.2. The summed E-state index contributed by atoms with van der Waals surface area (Å²) in [5, 5.41) is 0.950. The summed E-state index contributed by atoms with van der Waals surface area (Å²) in [6.07, 6.45) is 0. The molecule has 0 aromatic heterocycles. The van der Waals surface area contributed by atoms with E-state index < -0.39 is 0 Å². The van der Waals surface area contributed by atoms with E-state index in [2.05, 4.69) is 46.0 Å². The summed E-state index contributed by atoms with van der Waals surface area (Å²) >= 11 is 9.18. The van der Waals surface area contributed by atoms with Gasteiger partial charge in [0, 0.05) is 36.1 Å². The molecule has 0 aliphatic rings. The quantitative estimate of drug-likeness (QED) is 0.746. The Labute approximate surface area is 99.2 Å². The van der Waals surface area contributed by atoms with Crippen LogP contribution in [0.1, 0.15) is 5.56 Å². The van der Waals surface area contributed by atoms with E-state index in [1.165, 1.54) is 5.56 Å². The van der Waals surface area contributed by atoms with Gasteiger partial charge in [0.25, 0.3) is 0 Å². The smallest absolute Gasteiger partial charge is 0.0447 e. The van der Waals surface area contributed by atoms with Crippen molar-refractivity contribution in [3.63, 3.8) is 0 Å². The largest absolute Gasteiger partial charge is 0.369 e. The molecule has 0 saturated heterocycles.